The summed E-state index contributed by atoms with van der Waals surface area (Å²) in [5, 5.41) is 3.29. The third kappa shape index (κ3) is 6.28. The van der Waals surface area contributed by atoms with Gasteiger partial charge < -0.3 is 19.7 Å². The van der Waals surface area contributed by atoms with Crippen LogP contribution in [0.15, 0.2) is 59.6 Å². The second-order valence-electron chi connectivity index (χ2n) is 8.26. The van der Waals surface area contributed by atoms with E-state index in [1.54, 1.807) is 31.2 Å². The topological polar surface area (TPSA) is 53.6 Å². The van der Waals surface area contributed by atoms with Gasteiger partial charge in [0.05, 0.1) is 18.5 Å². The Bertz CT molecular complexity index is 1090. The minimum absolute atomic E-state index is 0.0797. The van der Waals surface area contributed by atoms with Crippen LogP contribution in [0.3, 0.4) is 0 Å². The molecule has 1 aliphatic carbocycles. The second-order valence-corrected chi connectivity index (χ2v) is 9.30. The number of halogens is 2. The number of allylic oxidation sites excluding steroid dienone is 2. The number of aryl methyl sites for hydroxylation is 1. The summed E-state index contributed by atoms with van der Waals surface area (Å²) in [4.78, 5) is 13.1. The van der Waals surface area contributed by atoms with Gasteiger partial charge in [-0.1, -0.05) is 12.1 Å². The summed E-state index contributed by atoms with van der Waals surface area (Å²) in [6.45, 7) is 3.53. The van der Waals surface area contributed by atoms with Crippen LogP contribution in [-0.2, 0) is 4.79 Å². The van der Waals surface area contributed by atoms with Crippen molar-refractivity contribution >= 4 is 23.9 Å². The number of hydrogen-bond acceptors (Lipinski definition) is 6. The van der Waals surface area contributed by atoms with E-state index in [4.69, 9.17) is 4.74 Å². The molecule has 2 aromatic rings. The summed E-state index contributed by atoms with van der Waals surface area (Å²) in [6, 6.07) is 9.89. The first kappa shape index (κ1) is 24.6. The molecule has 0 radical (unpaired) electrons. The minimum atomic E-state index is -0.366. The normalized spacial score (nSPS) is 18.3. The van der Waals surface area contributed by atoms with Crippen LogP contribution in [0.25, 0.3) is 0 Å². The molecule has 2 atom stereocenters. The monoisotopic (exact) mass is 473 g/mol. The molecule has 0 saturated heterocycles. The lowest BCUT2D eigenvalue weighted by Crippen LogP contribution is -2.24. The molecule has 0 bridgehead atoms. The summed E-state index contributed by atoms with van der Waals surface area (Å²) in [5.41, 5.74) is 2.94. The lowest BCUT2D eigenvalue weighted by atomic mass is 10.1. The zero-order valence-corrected chi connectivity index (χ0v) is 20.2. The van der Waals surface area contributed by atoms with Crippen molar-refractivity contribution in [3.8, 4) is 5.75 Å². The van der Waals surface area contributed by atoms with Gasteiger partial charge >= 0.3 is 0 Å². The predicted molar refractivity (Wildman–Crippen MR) is 130 cm³/mol. The Morgan fingerprint density at radius 3 is 2.55 bits per heavy atom. The number of carbonyl (C=O) groups excluding carboxylic acids is 1. The Balaban J connectivity index is 1.81. The number of methoxy groups -OCH3 is 1. The molecular formula is C25H29F2N3O2S. The molecule has 0 amide bonds. The van der Waals surface area contributed by atoms with Gasteiger partial charge in [0.1, 0.15) is 29.5 Å². The fourth-order valence-electron chi connectivity index (χ4n) is 3.38. The highest BCUT2D eigenvalue weighted by atomic mass is 32.2. The highest BCUT2D eigenvalue weighted by Crippen LogP contribution is 2.49. The van der Waals surface area contributed by atoms with Crippen molar-refractivity contribution in [3.63, 3.8) is 0 Å². The maximum atomic E-state index is 14.5. The fourth-order valence-corrected chi connectivity index (χ4v) is 4.43. The van der Waals surface area contributed by atoms with E-state index < -0.39 is 0 Å². The molecule has 0 aromatic heterocycles. The van der Waals surface area contributed by atoms with Crippen molar-refractivity contribution in [2.24, 2.45) is 0 Å². The third-order valence-electron chi connectivity index (χ3n) is 5.30. The predicted octanol–water partition coefficient (Wildman–Crippen LogP) is 5.36. The Hall–Kier alpha value is -3.00. The van der Waals surface area contributed by atoms with E-state index in [0.717, 1.165) is 18.3 Å². The van der Waals surface area contributed by atoms with Crippen molar-refractivity contribution in [1.29, 1.82) is 0 Å². The Kier molecular flexibility index (Phi) is 8.02. The summed E-state index contributed by atoms with van der Waals surface area (Å²) in [5.74, 6) is 0.523. The van der Waals surface area contributed by atoms with E-state index >= 15 is 0 Å². The average molecular weight is 474 g/mol. The summed E-state index contributed by atoms with van der Waals surface area (Å²) in [6.07, 6.45) is 3.29. The molecule has 8 heteroatoms. The fraction of sp³-hybridized carbons (Fsp3) is 0.320. The molecule has 33 heavy (non-hydrogen) atoms. The quantitative estimate of drug-likeness (QED) is 0.210. The van der Waals surface area contributed by atoms with Crippen LogP contribution in [0, 0.1) is 18.6 Å². The van der Waals surface area contributed by atoms with Crippen LogP contribution in [-0.4, -0.2) is 37.6 Å². The maximum absolute atomic E-state index is 14.5. The van der Waals surface area contributed by atoms with E-state index in [9.17, 15) is 13.6 Å². The van der Waals surface area contributed by atoms with E-state index in [1.165, 1.54) is 31.2 Å². The van der Waals surface area contributed by atoms with Gasteiger partial charge in [0, 0.05) is 31.3 Å². The van der Waals surface area contributed by atoms with E-state index in [0.29, 0.717) is 34.1 Å². The number of anilines is 1. The van der Waals surface area contributed by atoms with Crippen molar-refractivity contribution in [2.45, 2.75) is 31.4 Å². The van der Waals surface area contributed by atoms with Gasteiger partial charge in [-0.05, 0) is 73.2 Å². The SMILES string of the molecule is COc1ccc(C2CC2SNC(/C=C(/C)C=O)=C(\Nc2ccc(C)cc2F)N(C)C)c(F)c1. The highest BCUT2D eigenvalue weighted by molar-refractivity contribution is 7.98. The first-order valence-electron chi connectivity index (χ1n) is 10.6. The Labute approximate surface area is 198 Å². The van der Waals surface area contributed by atoms with Crippen molar-refractivity contribution in [2.75, 3.05) is 26.5 Å². The number of carbonyl (C=O) groups is 1. The second kappa shape index (κ2) is 10.7. The lowest BCUT2D eigenvalue weighted by Gasteiger charge is -2.23. The molecule has 3 rings (SSSR count). The standard InChI is InChI=1S/C25H29F2N3O2S/c1-15-6-9-22(21(27)10-15)28-25(30(3)4)23(11-16(2)14-31)29-33-24-13-19(24)18-8-7-17(32-5)12-20(18)26/h6-12,14,19,24,28-29H,13H2,1-5H3/b16-11-,25-23+. The number of aldehydes is 1. The van der Waals surface area contributed by atoms with Crippen LogP contribution in [0.4, 0.5) is 14.5 Å². The lowest BCUT2D eigenvalue weighted by molar-refractivity contribution is -0.104. The van der Waals surface area contributed by atoms with Crippen molar-refractivity contribution < 1.29 is 18.3 Å². The molecule has 5 nitrogen and oxygen atoms in total. The summed E-state index contributed by atoms with van der Waals surface area (Å²) < 4.78 is 37.3. The van der Waals surface area contributed by atoms with E-state index in [2.05, 4.69) is 10.0 Å². The van der Waals surface area contributed by atoms with Crippen molar-refractivity contribution in [1.82, 2.24) is 9.62 Å². The molecule has 1 saturated carbocycles. The van der Waals surface area contributed by atoms with Gasteiger partial charge in [0.25, 0.3) is 0 Å². The molecular weight excluding hydrogens is 444 g/mol. The van der Waals surface area contributed by atoms with E-state index in [-0.39, 0.29) is 22.8 Å². The first-order valence-corrected chi connectivity index (χ1v) is 11.4. The van der Waals surface area contributed by atoms with Gasteiger partial charge in [-0.2, -0.15) is 0 Å². The summed E-state index contributed by atoms with van der Waals surface area (Å²) >= 11 is 1.46. The number of rotatable bonds is 10. The molecule has 2 aromatic carbocycles. The molecule has 2 N–H and O–H groups in total. The molecule has 2 unspecified atom stereocenters. The maximum Gasteiger partial charge on any atom is 0.146 e. The molecule has 0 spiro atoms. The zero-order chi connectivity index (χ0) is 24.1. The number of nitrogens with zero attached hydrogens (tertiary/aromatic N) is 1. The zero-order valence-electron chi connectivity index (χ0n) is 19.4. The van der Waals surface area contributed by atoms with Crippen LogP contribution in [0.2, 0.25) is 0 Å². The molecule has 0 heterocycles. The molecule has 1 fully saturated rings. The highest BCUT2D eigenvalue weighted by Gasteiger charge is 2.41. The Morgan fingerprint density at radius 1 is 1.18 bits per heavy atom. The first-order chi connectivity index (χ1) is 15.7. The third-order valence-corrected chi connectivity index (χ3v) is 6.46. The van der Waals surface area contributed by atoms with Crippen molar-refractivity contribution in [3.05, 3.63) is 82.3 Å². The number of hydrogen-bond donors (Lipinski definition) is 2. The van der Waals surface area contributed by atoms with Crippen LogP contribution < -0.4 is 14.8 Å². The number of ether oxygens (including phenoxy) is 1. The molecule has 1 aliphatic rings. The van der Waals surface area contributed by atoms with Gasteiger partial charge in [-0.15, -0.1) is 0 Å². The Morgan fingerprint density at radius 2 is 1.94 bits per heavy atom. The molecule has 0 aliphatic heterocycles. The minimum Gasteiger partial charge on any atom is -0.497 e. The molecule has 176 valence electrons. The smallest absolute Gasteiger partial charge is 0.146 e. The van der Waals surface area contributed by atoms with Gasteiger partial charge in [0.15, 0.2) is 0 Å². The average Bonchev–Trinajstić information content (AvgIpc) is 3.55. The summed E-state index contributed by atoms with van der Waals surface area (Å²) in [7, 11) is 5.17. The van der Waals surface area contributed by atoms with Crippen LogP contribution in [0.1, 0.15) is 30.4 Å². The van der Waals surface area contributed by atoms with Crippen LogP contribution in [0.5, 0.6) is 5.75 Å². The van der Waals surface area contributed by atoms with Gasteiger partial charge in [-0.3, -0.25) is 4.79 Å². The number of benzene rings is 2. The van der Waals surface area contributed by atoms with Gasteiger partial charge in [-0.25, -0.2) is 8.78 Å². The van der Waals surface area contributed by atoms with E-state index in [1.807, 2.05) is 32.0 Å². The van der Waals surface area contributed by atoms with Gasteiger partial charge in [0.2, 0.25) is 0 Å². The number of nitrogens with one attached hydrogen (secondary N) is 2. The van der Waals surface area contributed by atoms with Crippen LogP contribution >= 0.6 is 11.9 Å². The largest absolute Gasteiger partial charge is 0.497 e.